The van der Waals surface area contributed by atoms with Crippen LogP contribution in [0.2, 0.25) is 0 Å². The van der Waals surface area contributed by atoms with E-state index in [1.807, 2.05) is 0 Å². The summed E-state index contributed by atoms with van der Waals surface area (Å²) in [5.41, 5.74) is 0.608. The van der Waals surface area contributed by atoms with Gasteiger partial charge >= 0.3 is 5.97 Å². The van der Waals surface area contributed by atoms with E-state index in [-0.39, 0.29) is 12.4 Å². The molecule has 0 aliphatic heterocycles. The molecule has 0 aliphatic rings. The van der Waals surface area contributed by atoms with Gasteiger partial charge in [0.05, 0.1) is 18.6 Å². The highest BCUT2D eigenvalue weighted by Gasteiger charge is 2.18. The van der Waals surface area contributed by atoms with Gasteiger partial charge in [0, 0.05) is 33.2 Å². The van der Waals surface area contributed by atoms with Gasteiger partial charge in [0.1, 0.15) is 0 Å². The van der Waals surface area contributed by atoms with Crippen LogP contribution < -0.4 is 4.74 Å². The van der Waals surface area contributed by atoms with E-state index < -0.39 is 12.0 Å². The number of benzene rings is 1. The molecule has 0 amide bonds. The van der Waals surface area contributed by atoms with Crippen molar-refractivity contribution in [2.24, 2.45) is 0 Å². The molecule has 1 aromatic carbocycles. The minimum absolute atomic E-state index is 0.247. The molecular weight excluding hydrogens is 359 g/mol. The summed E-state index contributed by atoms with van der Waals surface area (Å²) in [4.78, 5) is 24.9. The van der Waals surface area contributed by atoms with Crippen LogP contribution in [0.3, 0.4) is 0 Å². The normalized spacial score (nSPS) is 11.9. The average Bonchev–Trinajstić information content (AvgIpc) is 3.21. The molecule has 7 heteroatoms. The van der Waals surface area contributed by atoms with Crippen molar-refractivity contribution in [1.82, 2.24) is 0 Å². The number of furan rings is 1. The lowest BCUT2D eigenvalue weighted by Gasteiger charge is -2.03. The second-order valence-electron chi connectivity index (χ2n) is 5.50. The van der Waals surface area contributed by atoms with Gasteiger partial charge in [-0.05, 0) is 25.5 Å². The summed E-state index contributed by atoms with van der Waals surface area (Å²) < 4.78 is 29.6. The van der Waals surface area contributed by atoms with Crippen molar-refractivity contribution in [3.05, 3.63) is 40.7 Å². The fourth-order valence-electron chi connectivity index (χ4n) is 2.68. The van der Waals surface area contributed by atoms with E-state index in [0.717, 1.165) is 4.70 Å². The van der Waals surface area contributed by atoms with Crippen LogP contribution >= 0.6 is 11.3 Å². The highest BCUT2D eigenvalue weighted by Crippen LogP contribution is 2.39. The molecule has 0 saturated heterocycles. The molecule has 26 heavy (non-hydrogen) atoms. The highest BCUT2D eigenvalue weighted by molar-refractivity contribution is 7.21. The Morgan fingerprint density at radius 3 is 2.65 bits per heavy atom. The Labute approximate surface area is 153 Å². The Balaban J connectivity index is 2.07. The van der Waals surface area contributed by atoms with Gasteiger partial charge in [0.15, 0.2) is 17.1 Å². The van der Waals surface area contributed by atoms with Crippen molar-refractivity contribution in [3.8, 4) is 5.75 Å². The second kappa shape index (κ2) is 7.29. The van der Waals surface area contributed by atoms with Crippen LogP contribution in [0.15, 0.2) is 34.3 Å². The summed E-state index contributed by atoms with van der Waals surface area (Å²) in [6, 6.07) is 3.93. The molecule has 2 heterocycles. The van der Waals surface area contributed by atoms with E-state index in [9.17, 15) is 14.0 Å². The molecule has 0 aliphatic carbocycles. The molecule has 0 radical (unpaired) electrons. The van der Waals surface area contributed by atoms with E-state index in [0.29, 0.717) is 39.0 Å². The molecule has 3 rings (SSSR count). The van der Waals surface area contributed by atoms with Gasteiger partial charge in [-0.25, -0.2) is 4.79 Å². The standard InChI is InChI=1S/C19H17FO5S/c1-4-10(19(22)24-5-2)6-13(21)16-7-11-12-8-17(20)25-18(12)14(23-3)9-15(11)26-16/h6-9H,4-5H2,1-3H3. The van der Waals surface area contributed by atoms with Crippen molar-refractivity contribution in [2.45, 2.75) is 20.3 Å². The number of ketones is 1. The van der Waals surface area contributed by atoms with Crippen molar-refractivity contribution in [2.75, 3.05) is 13.7 Å². The number of hydrogen-bond donors (Lipinski definition) is 0. The average molecular weight is 376 g/mol. The molecule has 3 aromatic rings. The molecular formula is C19H17FO5S. The molecule has 0 N–H and O–H groups in total. The van der Waals surface area contributed by atoms with Gasteiger partial charge < -0.3 is 13.9 Å². The van der Waals surface area contributed by atoms with E-state index in [4.69, 9.17) is 13.9 Å². The molecule has 5 nitrogen and oxygen atoms in total. The number of rotatable bonds is 6. The number of methoxy groups -OCH3 is 1. The van der Waals surface area contributed by atoms with Crippen molar-refractivity contribution < 1.29 is 27.9 Å². The Hall–Kier alpha value is -2.67. The maximum absolute atomic E-state index is 13.6. The number of allylic oxidation sites excluding steroid dienone is 1. The van der Waals surface area contributed by atoms with Crippen molar-refractivity contribution in [3.63, 3.8) is 0 Å². The predicted molar refractivity (Wildman–Crippen MR) is 97.4 cm³/mol. The number of carbonyl (C=O) groups excluding carboxylic acids is 2. The summed E-state index contributed by atoms with van der Waals surface area (Å²) in [5, 5.41) is 1.24. The fourth-order valence-corrected chi connectivity index (χ4v) is 3.70. The lowest BCUT2D eigenvalue weighted by molar-refractivity contribution is -0.138. The smallest absolute Gasteiger partial charge is 0.334 e. The summed E-state index contributed by atoms with van der Waals surface area (Å²) in [5.74, 6) is -0.397. The molecule has 0 unspecified atom stereocenters. The van der Waals surface area contributed by atoms with Crippen LogP contribution in [0.1, 0.15) is 29.9 Å². The number of hydrogen-bond acceptors (Lipinski definition) is 6. The second-order valence-corrected chi connectivity index (χ2v) is 6.59. The van der Waals surface area contributed by atoms with Crippen LogP contribution in [0, 0.1) is 6.01 Å². The number of fused-ring (bicyclic) bond motifs is 3. The van der Waals surface area contributed by atoms with E-state index >= 15 is 0 Å². The summed E-state index contributed by atoms with van der Waals surface area (Å²) >= 11 is 1.25. The largest absolute Gasteiger partial charge is 0.493 e. The highest BCUT2D eigenvalue weighted by atomic mass is 32.1. The zero-order valence-electron chi connectivity index (χ0n) is 14.6. The van der Waals surface area contributed by atoms with Gasteiger partial charge in [0.2, 0.25) is 0 Å². The first kappa shape index (κ1) is 18.1. The SMILES string of the molecule is CCOC(=O)C(=CC(=O)c1cc2c(cc(OC)c3oc(F)cc32)s1)CC. The third kappa shape index (κ3) is 3.22. The molecule has 2 aromatic heterocycles. The monoisotopic (exact) mass is 376 g/mol. The number of ether oxygens (including phenoxy) is 2. The molecule has 0 spiro atoms. The zero-order valence-corrected chi connectivity index (χ0v) is 15.4. The third-order valence-electron chi connectivity index (χ3n) is 3.93. The lowest BCUT2D eigenvalue weighted by atomic mass is 10.1. The van der Waals surface area contributed by atoms with Gasteiger partial charge in [-0.15, -0.1) is 11.3 Å². The Bertz CT molecular complexity index is 1030. The predicted octanol–water partition coefficient (Wildman–Crippen LogP) is 4.88. The quantitative estimate of drug-likeness (QED) is 0.349. The van der Waals surface area contributed by atoms with Crippen LogP contribution in [0.5, 0.6) is 5.75 Å². The van der Waals surface area contributed by atoms with Gasteiger partial charge in [-0.3, -0.25) is 4.79 Å². The van der Waals surface area contributed by atoms with Gasteiger partial charge in [-0.2, -0.15) is 4.39 Å². The first-order valence-electron chi connectivity index (χ1n) is 8.10. The van der Waals surface area contributed by atoms with Crippen LogP contribution in [-0.2, 0) is 9.53 Å². The molecule has 0 saturated carbocycles. The van der Waals surface area contributed by atoms with Gasteiger partial charge in [-0.1, -0.05) is 6.92 Å². The Morgan fingerprint density at radius 1 is 1.23 bits per heavy atom. The van der Waals surface area contributed by atoms with Crippen LogP contribution in [0.25, 0.3) is 21.1 Å². The minimum atomic E-state index is -0.722. The summed E-state index contributed by atoms with van der Waals surface area (Å²) in [7, 11) is 1.47. The van der Waals surface area contributed by atoms with E-state index in [1.165, 1.54) is 30.6 Å². The number of carbonyl (C=O) groups is 2. The Morgan fingerprint density at radius 2 is 2.00 bits per heavy atom. The zero-order chi connectivity index (χ0) is 18.8. The maximum Gasteiger partial charge on any atom is 0.334 e. The first-order valence-corrected chi connectivity index (χ1v) is 8.91. The molecule has 0 fully saturated rings. The molecule has 136 valence electrons. The fraction of sp³-hybridized carbons (Fsp3) is 0.263. The van der Waals surface area contributed by atoms with Crippen molar-refractivity contribution in [1.29, 1.82) is 0 Å². The molecule has 0 bridgehead atoms. The van der Waals surface area contributed by atoms with E-state index in [2.05, 4.69) is 0 Å². The topological polar surface area (TPSA) is 65.7 Å². The third-order valence-corrected chi connectivity index (χ3v) is 5.02. The number of esters is 1. The van der Waals surface area contributed by atoms with Crippen molar-refractivity contribution >= 4 is 44.1 Å². The molecule has 0 atom stereocenters. The minimum Gasteiger partial charge on any atom is -0.493 e. The lowest BCUT2D eigenvalue weighted by Crippen LogP contribution is -2.08. The Kier molecular flexibility index (Phi) is 5.08. The van der Waals surface area contributed by atoms with Crippen LogP contribution in [-0.4, -0.2) is 25.5 Å². The maximum atomic E-state index is 13.6. The number of thiophene rings is 1. The van der Waals surface area contributed by atoms with E-state index in [1.54, 1.807) is 26.0 Å². The van der Waals surface area contributed by atoms with Gasteiger partial charge in [0.25, 0.3) is 6.01 Å². The first-order chi connectivity index (χ1) is 12.5. The summed E-state index contributed by atoms with van der Waals surface area (Å²) in [6.07, 6.45) is 1.69. The summed E-state index contributed by atoms with van der Waals surface area (Å²) in [6.45, 7) is 3.74. The van der Waals surface area contributed by atoms with Crippen LogP contribution in [0.4, 0.5) is 4.39 Å². The number of halogens is 1.